The summed E-state index contributed by atoms with van der Waals surface area (Å²) in [5.41, 5.74) is 5.44. The van der Waals surface area contributed by atoms with Crippen molar-refractivity contribution in [3.05, 3.63) is 0 Å². The van der Waals surface area contributed by atoms with Crippen LogP contribution < -0.4 is 16.4 Å². The minimum Gasteiger partial charge on any atom is -0.365 e. The predicted molar refractivity (Wildman–Crippen MR) is 29.7 cm³/mol. The maximum absolute atomic E-state index is 8.77. The van der Waals surface area contributed by atoms with Crippen LogP contribution in [0.5, 0.6) is 0 Å². The summed E-state index contributed by atoms with van der Waals surface area (Å²) in [7, 11) is 0. The van der Waals surface area contributed by atoms with Crippen LogP contribution in [0.4, 0.5) is 0 Å². The molecule has 1 saturated heterocycles. The van der Waals surface area contributed by atoms with E-state index in [9.17, 15) is 0 Å². The number of nitrogens with one attached hydrogen (secondary N) is 2. The van der Waals surface area contributed by atoms with Crippen molar-refractivity contribution in [3.63, 3.8) is 0 Å². The molecular weight excluding hydrogens is 106 g/mol. The second kappa shape index (κ2) is 1.99. The molecule has 1 fully saturated rings. The Kier molecular flexibility index (Phi) is 1.48. The molecule has 0 aromatic carbocycles. The van der Waals surface area contributed by atoms with Crippen molar-refractivity contribution < 1.29 is 5.11 Å². The van der Waals surface area contributed by atoms with Gasteiger partial charge < -0.3 is 10.8 Å². The van der Waals surface area contributed by atoms with Crippen molar-refractivity contribution >= 4 is 0 Å². The SMILES string of the molecule is CC1NC(O)NC1N. The highest BCUT2D eigenvalue weighted by Crippen LogP contribution is 1.94. The van der Waals surface area contributed by atoms with E-state index in [0.29, 0.717) is 0 Å². The molecule has 5 N–H and O–H groups in total. The van der Waals surface area contributed by atoms with Gasteiger partial charge in [0.25, 0.3) is 0 Å². The Morgan fingerprint density at radius 3 is 2.25 bits per heavy atom. The smallest absolute Gasteiger partial charge is 0.162 e. The topological polar surface area (TPSA) is 70.3 Å². The van der Waals surface area contributed by atoms with Crippen LogP contribution in [0.2, 0.25) is 0 Å². The van der Waals surface area contributed by atoms with Gasteiger partial charge in [0, 0.05) is 6.04 Å². The minimum atomic E-state index is -0.625. The van der Waals surface area contributed by atoms with E-state index in [1.165, 1.54) is 0 Å². The number of hydrogen-bond donors (Lipinski definition) is 4. The zero-order valence-corrected chi connectivity index (χ0v) is 4.76. The summed E-state index contributed by atoms with van der Waals surface area (Å²) in [6.07, 6.45) is -0.745. The maximum atomic E-state index is 8.77. The number of aliphatic hydroxyl groups excluding tert-OH is 1. The third-order valence-corrected chi connectivity index (χ3v) is 1.31. The summed E-state index contributed by atoms with van der Waals surface area (Å²) in [6.45, 7) is 1.91. The molecule has 0 radical (unpaired) electrons. The van der Waals surface area contributed by atoms with E-state index in [4.69, 9.17) is 10.8 Å². The fraction of sp³-hybridized carbons (Fsp3) is 1.00. The van der Waals surface area contributed by atoms with E-state index < -0.39 is 6.35 Å². The summed E-state index contributed by atoms with van der Waals surface area (Å²) >= 11 is 0. The van der Waals surface area contributed by atoms with Gasteiger partial charge in [-0.1, -0.05) is 0 Å². The van der Waals surface area contributed by atoms with Crippen LogP contribution in [0.3, 0.4) is 0 Å². The lowest BCUT2D eigenvalue weighted by Crippen LogP contribution is -2.40. The van der Waals surface area contributed by atoms with Crippen molar-refractivity contribution in [1.82, 2.24) is 10.6 Å². The highest BCUT2D eigenvalue weighted by molar-refractivity contribution is 4.80. The van der Waals surface area contributed by atoms with Gasteiger partial charge in [0.05, 0.1) is 6.17 Å². The average Bonchev–Trinajstić information content (AvgIpc) is 1.85. The first-order valence-electron chi connectivity index (χ1n) is 2.66. The van der Waals surface area contributed by atoms with Crippen LogP contribution in [0.25, 0.3) is 0 Å². The molecule has 3 unspecified atom stereocenters. The third-order valence-electron chi connectivity index (χ3n) is 1.31. The second-order valence-corrected chi connectivity index (χ2v) is 2.05. The van der Waals surface area contributed by atoms with Crippen LogP contribution in [-0.2, 0) is 0 Å². The van der Waals surface area contributed by atoms with Gasteiger partial charge in [-0.2, -0.15) is 0 Å². The highest BCUT2D eigenvalue weighted by Gasteiger charge is 2.24. The second-order valence-electron chi connectivity index (χ2n) is 2.05. The van der Waals surface area contributed by atoms with Gasteiger partial charge in [-0.3, -0.25) is 10.6 Å². The molecule has 0 bridgehead atoms. The molecule has 0 aromatic heterocycles. The fourth-order valence-electron chi connectivity index (χ4n) is 0.727. The zero-order chi connectivity index (χ0) is 6.15. The Labute approximate surface area is 48.1 Å². The van der Waals surface area contributed by atoms with E-state index in [-0.39, 0.29) is 12.2 Å². The van der Waals surface area contributed by atoms with Gasteiger partial charge in [-0.25, -0.2) is 0 Å². The van der Waals surface area contributed by atoms with Crippen molar-refractivity contribution in [2.45, 2.75) is 25.5 Å². The summed E-state index contributed by atoms with van der Waals surface area (Å²) < 4.78 is 0. The number of rotatable bonds is 0. The van der Waals surface area contributed by atoms with E-state index in [0.717, 1.165) is 0 Å². The van der Waals surface area contributed by atoms with Crippen molar-refractivity contribution in [3.8, 4) is 0 Å². The lowest BCUT2D eigenvalue weighted by molar-refractivity contribution is 0.131. The van der Waals surface area contributed by atoms with Crippen molar-refractivity contribution in [2.24, 2.45) is 5.73 Å². The number of hydrogen-bond acceptors (Lipinski definition) is 4. The third kappa shape index (κ3) is 0.976. The normalized spacial score (nSPS) is 47.6. The first-order valence-corrected chi connectivity index (χ1v) is 2.66. The van der Waals surface area contributed by atoms with Gasteiger partial charge in [-0.05, 0) is 6.92 Å². The maximum Gasteiger partial charge on any atom is 0.162 e. The Balaban J connectivity index is 2.39. The van der Waals surface area contributed by atoms with E-state index in [2.05, 4.69) is 10.6 Å². The molecule has 0 aliphatic carbocycles. The van der Waals surface area contributed by atoms with Crippen LogP contribution in [-0.4, -0.2) is 23.7 Å². The molecule has 4 heteroatoms. The molecule has 4 nitrogen and oxygen atoms in total. The quantitative estimate of drug-likeness (QED) is 0.300. The largest absolute Gasteiger partial charge is 0.365 e. The monoisotopic (exact) mass is 117 g/mol. The van der Waals surface area contributed by atoms with Gasteiger partial charge in [0.1, 0.15) is 0 Å². The van der Waals surface area contributed by atoms with Crippen LogP contribution in [0.1, 0.15) is 6.92 Å². The zero-order valence-electron chi connectivity index (χ0n) is 4.76. The summed E-state index contributed by atoms with van der Waals surface area (Å²) in [6, 6.07) is 0.157. The van der Waals surface area contributed by atoms with Crippen molar-refractivity contribution in [2.75, 3.05) is 0 Å². The Hall–Kier alpha value is -0.160. The van der Waals surface area contributed by atoms with E-state index in [1.807, 2.05) is 6.92 Å². The van der Waals surface area contributed by atoms with E-state index in [1.54, 1.807) is 0 Å². The van der Waals surface area contributed by atoms with E-state index >= 15 is 0 Å². The molecule has 1 aliphatic rings. The highest BCUT2D eigenvalue weighted by atomic mass is 16.3. The van der Waals surface area contributed by atoms with Gasteiger partial charge in [-0.15, -0.1) is 0 Å². The van der Waals surface area contributed by atoms with Crippen LogP contribution in [0.15, 0.2) is 0 Å². The minimum absolute atomic E-state index is 0.120. The first kappa shape index (κ1) is 5.97. The lowest BCUT2D eigenvalue weighted by Gasteiger charge is -2.05. The average molecular weight is 117 g/mol. The predicted octanol–water partition coefficient (Wildman–Crippen LogP) is -1.87. The van der Waals surface area contributed by atoms with Crippen LogP contribution in [0, 0.1) is 0 Å². The molecule has 1 aliphatic heterocycles. The first-order chi connectivity index (χ1) is 3.70. The fourth-order valence-corrected chi connectivity index (χ4v) is 0.727. The molecule has 8 heavy (non-hydrogen) atoms. The molecule has 3 atom stereocenters. The number of nitrogens with two attached hydrogens (primary N) is 1. The molecule has 0 spiro atoms. The summed E-state index contributed by atoms with van der Waals surface area (Å²) in [5, 5.41) is 14.2. The Bertz CT molecular complexity index is 77.4. The summed E-state index contributed by atoms with van der Waals surface area (Å²) in [5.74, 6) is 0. The number of aliphatic hydroxyl groups is 1. The Morgan fingerprint density at radius 2 is 2.12 bits per heavy atom. The Morgan fingerprint density at radius 1 is 1.50 bits per heavy atom. The standard InChI is InChI=1S/C4H11N3O/c1-2-3(5)7-4(8)6-2/h2-4,6-8H,5H2,1H3. The molecule has 48 valence electrons. The van der Waals surface area contributed by atoms with Gasteiger partial charge in [0.15, 0.2) is 6.35 Å². The lowest BCUT2D eigenvalue weighted by atomic mass is 10.3. The molecule has 0 aromatic rings. The molecular formula is C4H11N3O. The molecule has 0 saturated carbocycles. The van der Waals surface area contributed by atoms with Gasteiger partial charge >= 0.3 is 0 Å². The molecule has 1 rings (SSSR count). The van der Waals surface area contributed by atoms with Crippen LogP contribution >= 0.6 is 0 Å². The summed E-state index contributed by atoms with van der Waals surface area (Å²) in [4.78, 5) is 0. The molecule has 1 heterocycles. The van der Waals surface area contributed by atoms with Gasteiger partial charge in [0.2, 0.25) is 0 Å². The van der Waals surface area contributed by atoms with Crippen molar-refractivity contribution in [1.29, 1.82) is 0 Å². The molecule has 0 amide bonds.